The number of amides is 2. The predicted molar refractivity (Wildman–Crippen MR) is 92.3 cm³/mol. The molecule has 0 saturated heterocycles. The van der Waals surface area contributed by atoms with Gasteiger partial charge in [-0.05, 0) is 56.6 Å². The molecule has 0 spiro atoms. The fourth-order valence-electron chi connectivity index (χ4n) is 2.92. The summed E-state index contributed by atoms with van der Waals surface area (Å²) in [6.07, 6.45) is 1.73. The van der Waals surface area contributed by atoms with Crippen LogP contribution in [0.15, 0.2) is 12.1 Å². The minimum atomic E-state index is -0.179. The number of hydrogen-bond acceptors (Lipinski definition) is 2. The number of hydrogen-bond donors (Lipinski definition) is 3. The molecule has 124 valence electrons. The summed E-state index contributed by atoms with van der Waals surface area (Å²) >= 11 is 0. The highest BCUT2D eigenvalue weighted by atomic mass is 16.3. The third-order valence-electron chi connectivity index (χ3n) is 3.81. The Morgan fingerprint density at radius 1 is 1.18 bits per heavy atom. The smallest absolute Gasteiger partial charge is 0.319 e. The molecule has 0 radical (unpaired) electrons. The fraction of sp³-hybridized carbons (Fsp3) is 0.611. The Balaban J connectivity index is 2.59. The lowest BCUT2D eigenvalue weighted by Gasteiger charge is -2.19. The summed E-state index contributed by atoms with van der Waals surface area (Å²) < 4.78 is 0. The summed E-state index contributed by atoms with van der Waals surface area (Å²) in [4.78, 5) is 12.1. The molecule has 0 aromatic heterocycles. The van der Waals surface area contributed by atoms with E-state index in [2.05, 4.69) is 43.5 Å². The fourth-order valence-corrected chi connectivity index (χ4v) is 2.92. The van der Waals surface area contributed by atoms with Crippen molar-refractivity contribution in [3.8, 4) is 0 Å². The van der Waals surface area contributed by atoms with Gasteiger partial charge in [0.1, 0.15) is 0 Å². The third-order valence-corrected chi connectivity index (χ3v) is 3.81. The first-order valence-corrected chi connectivity index (χ1v) is 8.07. The molecule has 1 aromatic rings. The molecular formula is C18H30N2O2. The summed E-state index contributed by atoms with van der Waals surface area (Å²) in [5, 5.41) is 15.0. The standard InChI is InChI=1S/C18H30N2O2/c1-12(2)8-16(6-7-21)11-19-18(22)20-17-14(4)9-13(3)10-15(17)5/h9-10,12,16,21H,6-8,11H2,1-5H3,(H2,19,20,22). The summed E-state index contributed by atoms with van der Waals surface area (Å²) in [5.41, 5.74) is 4.22. The van der Waals surface area contributed by atoms with E-state index in [1.54, 1.807) is 0 Å². The van der Waals surface area contributed by atoms with E-state index in [4.69, 9.17) is 5.11 Å². The number of nitrogens with one attached hydrogen (secondary N) is 2. The summed E-state index contributed by atoms with van der Waals surface area (Å²) in [7, 11) is 0. The van der Waals surface area contributed by atoms with Gasteiger partial charge in [0.05, 0.1) is 0 Å². The molecule has 1 unspecified atom stereocenters. The first-order chi connectivity index (χ1) is 10.3. The lowest BCUT2D eigenvalue weighted by Crippen LogP contribution is -2.34. The molecule has 1 aromatic carbocycles. The molecule has 4 nitrogen and oxygen atoms in total. The van der Waals surface area contributed by atoms with E-state index in [-0.39, 0.29) is 12.6 Å². The third kappa shape index (κ3) is 6.06. The van der Waals surface area contributed by atoms with Gasteiger partial charge in [-0.1, -0.05) is 31.5 Å². The minimum Gasteiger partial charge on any atom is -0.396 e. The normalized spacial score (nSPS) is 12.3. The van der Waals surface area contributed by atoms with Crippen LogP contribution in [-0.4, -0.2) is 24.3 Å². The SMILES string of the molecule is Cc1cc(C)c(NC(=O)NCC(CCO)CC(C)C)c(C)c1. The van der Waals surface area contributed by atoms with E-state index in [0.717, 1.165) is 29.7 Å². The molecule has 3 N–H and O–H groups in total. The van der Waals surface area contributed by atoms with Crippen LogP contribution in [0, 0.1) is 32.6 Å². The van der Waals surface area contributed by atoms with Gasteiger partial charge in [-0.3, -0.25) is 0 Å². The molecule has 0 aliphatic heterocycles. The molecule has 0 saturated carbocycles. The topological polar surface area (TPSA) is 61.4 Å². The zero-order valence-corrected chi connectivity index (χ0v) is 14.5. The van der Waals surface area contributed by atoms with E-state index in [0.29, 0.717) is 18.4 Å². The highest BCUT2D eigenvalue weighted by Gasteiger charge is 2.13. The van der Waals surface area contributed by atoms with Gasteiger partial charge < -0.3 is 15.7 Å². The van der Waals surface area contributed by atoms with Crippen molar-refractivity contribution in [2.24, 2.45) is 11.8 Å². The average Bonchev–Trinajstić information content (AvgIpc) is 2.40. The van der Waals surface area contributed by atoms with Gasteiger partial charge in [-0.25, -0.2) is 4.79 Å². The molecule has 0 bridgehead atoms. The number of carbonyl (C=O) groups excluding carboxylic acids is 1. The van der Waals surface area contributed by atoms with E-state index in [9.17, 15) is 4.79 Å². The van der Waals surface area contributed by atoms with Crippen LogP contribution in [-0.2, 0) is 0 Å². The zero-order valence-electron chi connectivity index (χ0n) is 14.5. The van der Waals surface area contributed by atoms with E-state index < -0.39 is 0 Å². The Morgan fingerprint density at radius 2 is 1.77 bits per heavy atom. The lowest BCUT2D eigenvalue weighted by atomic mass is 9.94. The maximum absolute atomic E-state index is 12.1. The predicted octanol–water partition coefficient (Wildman–Crippen LogP) is 3.78. The molecule has 22 heavy (non-hydrogen) atoms. The number of urea groups is 1. The number of anilines is 1. The van der Waals surface area contributed by atoms with Crippen LogP contribution < -0.4 is 10.6 Å². The highest BCUT2D eigenvalue weighted by Crippen LogP contribution is 2.21. The first kappa shape index (κ1) is 18.5. The van der Waals surface area contributed by atoms with Crippen molar-refractivity contribution in [1.82, 2.24) is 5.32 Å². The van der Waals surface area contributed by atoms with Crippen molar-refractivity contribution >= 4 is 11.7 Å². The Hall–Kier alpha value is -1.55. The maximum Gasteiger partial charge on any atom is 0.319 e. The second kappa shape index (κ2) is 8.79. The quantitative estimate of drug-likeness (QED) is 0.718. The summed E-state index contributed by atoms with van der Waals surface area (Å²) in [5.74, 6) is 0.874. The number of aliphatic hydroxyl groups excluding tert-OH is 1. The molecule has 2 amide bonds. The Labute approximate surface area is 134 Å². The van der Waals surface area contributed by atoms with Crippen LogP contribution in [0.25, 0.3) is 0 Å². The molecule has 0 fully saturated rings. The second-order valence-corrected chi connectivity index (χ2v) is 6.62. The molecule has 4 heteroatoms. The summed E-state index contributed by atoms with van der Waals surface area (Å²) in [6.45, 7) is 11.1. The van der Waals surface area contributed by atoms with Crippen molar-refractivity contribution in [3.63, 3.8) is 0 Å². The monoisotopic (exact) mass is 306 g/mol. The van der Waals surface area contributed by atoms with Crippen molar-refractivity contribution in [1.29, 1.82) is 0 Å². The number of aliphatic hydroxyl groups is 1. The number of rotatable bonds is 7. The Morgan fingerprint density at radius 3 is 2.27 bits per heavy atom. The molecule has 0 heterocycles. The van der Waals surface area contributed by atoms with Gasteiger partial charge >= 0.3 is 6.03 Å². The van der Waals surface area contributed by atoms with Crippen molar-refractivity contribution in [2.75, 3.05) is 18.5 Å². The van der Waals surface area contributed by atoms with Gasteiger partial charge in [0.25, 0.3) is 0 Å². The van der Waals surface area contributed by atoms with E-state index in [1.807, 2.05) is 13.8 Å². The number of benzene rings is 1. The van der Waals surface area contributed by atoms with Crippen molar-refractivity contribution in [3.05, 3.63) is 28.8 Å². The Bertz CT molecular complexity index is 475. The van der Waals surface area contributed by atoms with Crippen LogP contribution in [0.4, 0.5) is 10.5 Å². The van der Waals surface area contributed by atoms with Crippen molar-refractivity contribution < 1.29 is 9.90 Å². The van der Waals surface area contributed by atoms with Gasteiger partial charge in [0.15, 0.2) is 0 Å². The second-order valence-electron chi connectivity index (χ2n) is 6.62. The number of aryl methyl sites for hydroxylation is 3. The largest absolute Gasteiger partial charge is 0.396 e. The minimum absolute atomic E-state index is 0.164. The molecule has 0 aliphatic carbocycles. The molecular weight excluding hydrogens is 276 g/mol. The molecule has 1 atom stereocenters. The number of carbonyl (C=O) groups is 1. The zero-order chi connectivity index (χ0) is 16.7. The van der Waals surface area contributed by atoms with Gasteiger partial charge in [0.2, 0.25) is 0 Å². The summed E-state index contributed by atoms with van der Waals surface area (Å²) in [6, 6.07) is 3.95. The van der Waals surface area contributed by atoms with E-state index >= 15 is 0 Å². The van der Waals surface area contributed by atoms with Crippen LogP contribution >= 0.6 is 0 Å². The average molecular weight is 306 g/mol. The van der Waals surface area contributed by atoms with E-state index in [1.165, 1.54) is 5.56 Å². The van der Waals surface area contributed by atoms with Crippen LogP contribution in [0.3, 0.4) is 0 Å². The van der Waals surface area contributed by atoms with Gasteiger partial charge in [-0.2, -0.15) is 0 Å². The maximum atomic E-state index is 12.1. The van der Waals surface area contributed by atoms with Gasteiger partial charge in [-0.15, -0.1) is 0 Å². The highest BCUT2D eigenvalue weighted by molar-refractivity contribution is 5.91. The molecule has 0 aliphatic rings. The Kier molecular flexibility index (Phi) is 7.39. The van der Waals surface area contributed by atoms with Crippen LogP contribution in [0.2, 0.25) is 0 Å². The first-order valence-electron chi connectivity index (χ1n) is 8.07. The van der Waals surface area contributed by atoms with Crippen LogP contribution in [0.5, 0.6) is 0 Å². The lowest BCUT2D eigenvalue weighted by molar-refractivity contribution is 0.231. The van der Waals surface area contributed by atoms with Gasteiger partial charge in [0, 0.05) is 18.8 Å². The molecule has 1 rings (SSSR count). The van der Waals surface area contributed by atoms with Crippen molar-refractivity contribution in [2.45, 2.75) is 47.5 Å². The van der Waals surface area contributed by atoms with Crippen LogP contribution in [0.1, 0.15) is 43.4 Å².